The molecule has 1 N–H and O–H groups in total. The molecule has 0 aromatic heterocycles. The molecule has 0 spiro atoms. The van der Waals surface area contributed by atoms with Gasteiger partial charge in [0.05, 0.1) is 12.6 Å². The van der Waals surface area contributed by atoms with Crippen molar-refractivity contribution in [2.45, 2.75) is 44.4 Å². The Morgan fingerprint density at radius 3 is 2.53 bits per heavy atom. The lowest BCUT2D eigenvalue weighted by Gasteiger charge is -2.42. The van der Waals surface area contributed by atoms with Crippen LogP contribution in [0, 0.1) is 0 Å². The van der Waals surface area contributed by atoms with Crippen LogP contribution in [-0.2, 0) is 32.1 Å². The minimum Gasteiger partial charge on any atom is -0.381 e. The minimum atomic E-state index is -0.931. The second kappa shape index (κ2) is 8.98. The van der Waals surface area contributed by atoms with Crippen molar-refractivity contribution in [3.8, 4) is 0 Å². The molecule has 0 aliphatic carbocycles. The number of anilines is 1. The molecule has 1 saturated heterocycles. The van der Waals surface area contributed by atoms with Gasteiger partial charge in [0, 0.05) is 45.2 Å². The maximum atomic E-state index is 13.9. The summed E-state index contributed by atoms with van der Waals surface area (Å²) in [4.78, 5) is 27.4. The van der Waals surface area contributed by atoms with E-state index in [1.54, 1.807) is 4.90 Å². The Morgan fingerprint density at radius 1 is 1.10 bits per heavy atom. The van der Waals surface area contributed by atoms with E-state index in [0.29, 0.717) is 45.6 Å². The summed E-state index contributed by atoms with van der Waals surface area (Å²) in [6.45, 7) is 3.30. The molecule has 1 unspecified atom stereocenters. The van der Waals surface area contributed by atoms with Crippen LogP contribution in [0.3, 0.4) is 0 Å². The Balaban J connectivity index is 1.62. The maximum absolute atomic E-state index is 13.9. The lowest BCUT2D eigenvalue weighted by atomic mass is 9.89. The van der Waals surface area contributed by atoms with Crippen molar-refractivity contribution in [1.29, 1.82) is 0 Å². The number of amides is 2. The molecule has 158 valence electrons. The standard InChI is InChI=1S/C24H28N2O4/c1-18(27)25-21-15-20-9-5-6-10-22(20)26(16-21)23(28)24(11-13-29-14-12-24)30-17-19-7-3-2-4-8-19/h2-10,21H,11-17H2,1H3,(H,25,27). The molecular weight excluding hydrogens is 380 g/mol. The maximum Gasteiger partial charge on any atom is 0.259 e. The van der Waals surface area contributed by atoms with Crippen molar-refractivity contribution in [2.24, 2.45) is 0 Å². The number of para-hydroxylation sites is 1. The number of nitrogens with zero attached hydrogens (tertiary/aromatic N) is 1. The van der Waals surface area contributed by atoms with Gasteiger partial charge < -0.3 is 19.7 Å². The molecule has 4 rings (SSSR count). The minimum absolute atomic E-state index is 0.0516. The Kier molecular flexibility index (Phi) is 6.16. The van der Waals surface area contributed by atoms with Crippen LogP contribution in [-0.4, -0.2) is 43.2 Å². The Bertz CT molecular complexity index is 893. The monoisotopic (exact) mass is 408 g/mol. The van der Waals surface area contributed by atoms with Gasteiger partial charge >= 0.3 is 0 Å². The third-order valence-corrected chi connectivity index (χ3v) is 5.85. The molecule has 6 nitrogen and oxygen atoms in total. The summed E-state index contributed by atoms with van der Waals surface area (Å²) in [5.74, 6) is -0.142. The van der Waals surface area contributed by atoms with Crippen molar-refractivity contribution in [3.05, 3.63) is 65.7 Å². The van der Waals surface area contributed by atoms with Crippen LogP contribution in [0.25, 0.3) is 0 Å². The number of benzene rings is 2. The zero-order valence-corrected chi connectivity index (χ0v) is 17.3. The van der Waals surface area contributed by atoms with Crippen molar-refractivity contribution < 1.29 is 19.1 Å². The molecule has 1 fully saturated rings. The SMILES string of the molecule is CC(=O)NC1Cc2ccccc2N(C(=O)C2(OCc3ccccc3)CCOCC2)C1. The second-order valence-electron chi connectivity index (χ2n) is 8.03. The molecule has 0 bridgehead atoms. The van der Waals surface area contributed by atoms with E-state index in [9.17, 15) is 9.59 Å². The van der Waals surface area contributed by atoms with Crippen molar-refractivity contribution >= 4 is 17.5 Å². The van der Waals surface area contributed by atoms with Crippen LogP contribution in [0.15, 0.2) is 54.6 Å². The Hall–Kier alpha value is -2.70. The van der Waals surface area contributed by atoms with E-state index >= 15 is 0 Å². The third-order valence-electron chi connectivity index (χ3n) is 5.85. The van der Waals surface area contributed by atoms with Gasteiger partial charge in [-0.3, -0.25) is 9.59 Å². The topological polar surface area (TPSA) is 67.9 Å². The Labute approximate surface area is 177 Å². The average molecular weight is 408 g/mol. The van der Waals surface area contributed by atoms with Gasteiger partial charge in [0.2, 0.25) is 5.91 Å². The Morgan fingerprint density at radius 2 is 1.80 bits per heavy atom. The molecule has 2 amide bonds. The van der Waals surface area contributed by atoms with Gasteiger partial charge in [-0.2, -0.15) is 0 Å². The second-order valence-corrected chi connectivity index (χ2v) is 8.03. The molecule has 2 aliphatic rings. The van der Waals surface area contributed by atoms with Gasteiger partial charge in [0.25, 0.3) is 5.91 Å². The average Bonchev–Trinajstić information content (AvgIpc) is 2.77. The first-order valence-corrected chi connectivity index (χ1v) is 10.5. The van der Waals surface area contributed by atoms with E-state index in [0.717, 1.165) is 16.8 Å². The number of carbonyl (C=O) groups excluding carboxylic acids is 2. The van der Waals surface area contributed by atoms with Gasteiger partial charge in [-0.15, -0.1) is 0 Å². The molecule has 2 aromatic carbocycles. The fourth-order valence-corrected chi connectivity index (χ4v) is 4.33. The fraction of sp³-hybridized carbons (Fsp3) is 0.417. The first-order chi connectivity index (χ1) is 14.6. The summed E-state index contributed by atoms with van der Waals surface area (Å²) < 4.78 is 11.9. The fourth-order valence-electron chi connectivity index (χ4n) is 4.33. The van der Waals surface area contributed by atoms with Gasteiger partial charge in [-0.25, -0.2) is 0 Å². The van der Waals surface area contributed by atoms with Crippen molar-refractivity contribution in [3.63, 3.8) is 0 Å². The number of hydrogen-bond acceptors (Lipinski definition) is 4. The summed E-state index contributed by atoms with van der Waals surface area (Å²) in [5, 5.41) is 2.98. The van der Waals surface area contributed by atoms with Crippen molar-refractivity contribution in [2.75, 3.05) is 24.7 Å². The van der Waals surface area contributed by atoms with E-state index in [-0.39, 0.29) is 17.9 Å². The van der Waals surface area contributed by atoms with E-state index in [4.69, 9.17) is 9.47 Å². The van der Waals surface area contributed by atoms with Gasteiger partial charge in [0.1, 0.15) is 0 Å². The molecule has 0 saturated carbocycles. The molecule has 2 aliphatic heterocycles. The summed E-state index contributed by atoms with van der Waals surface area (Å²) in [7, 11) is 0. The first kappa shape index (κ1) is 20.6. The van der Waals surface area contributed by atoms with E-state index in [1.165, 1.54) is 6.92 Å². The summed E-state index contributed by atoms with van der Waals surface area (Å²) in [6, 6.07) is 17.7. The smallest absolute Gasteiger partial charge is 0.259 e. The highest BCUT2D eigenvalue weighted by Crippen LogP contribution is 2.34. The third kappa shape index (κ3) is 4.40. The number of hydrogen-bond donors (Lipinski definition) is 1. The van der Waals surface area contributed by atoms with Crippen LogP contribution >= 0.6 is 0 Å². The lowest BCUT2D eigenvalue weighted by Crippen LogP contribution is -2.58. The zero-order chi connectivity index (χ0) is 21.0. The zero-order valence-electron chi connectivity index (χ0n) is 17.3. The molecule has 2 heterocycles. The summed E-state index contributed by atoms with van der Waals surface area (Å²) >= 11 is 0. The quantitative estimate of drug-likeness (QED) is 0.826. The largest absolute Gasteiger partial charge is 0.381 e. The van der Waals surface area contributed by atoms with Crippen LogP contribution in [0.2, 0.25) is 0 Å². The number of rotatable bonds is 5. The van der Waals surface area contributed by atoms with Gasteiger partial charge in [0.15, 0.2) is 5.60 Å². The molecule has 30 heavy (non-hydrogen) atoms. The van der Waals surface area contributed by atoms with Gasteiger partial charge in [-0.1, -0.05) is 48.5 Å². The summed E-state index contributed by atoms with van der Waals surface area (Å²) in [5.41, 5.74) is 2.06. The highest BCUT2D eigenvalue weighted by Gasteiger charge is 2.46. The van der Waals surface area contributed by atoms with Crippen LogP contribution in [0.5, 0.6) is 0 Å². The molecule has 2 aromatic rings. The number of nitrogens with one attached hydrogen (secondary N) is 1. The predicted molar refractivity (Wildman–Crippen MR) is 114 cm³/mol. The predicted octanol–water partition coefficient (Wildman–Crippen LogP) is 2.85. The molecule has 1 atom stereocenters. The van der Waals surface area contributed by atoms with Crippen molar-refractivity contribution in [1.82, 2.24) is 5.32 Å². The van der Waals surface area contributed by atoms with E-state index in [2.05, 4.69) is 5.32 Å². The molecule has 0 radical (unpaired) electrons. The number of carbonyl (C=O) groups is 2. The number of ether oxygens (including phenoxy) is 2. The first-order valence-electron chi connectivity index (χ1n) is 10.5. The van der Waals surface area contributed by atoms with Crippen LogP contribution in [0.4, 0.5) is 5.69 Å². The van der Waals surface area contributed by atoms with E-state index < -0.39 is 5.60 Å². The molecular formula is C24H28N2O4. The highest BCUT2D eigenvalue weighted by molar-refractivity contribution is 6.00. The number of fused-ring (bicyclic) bond motifs is 1. The normalized spacial score (nSPS) is 20.3. The van der Waals surface area contributed by atoms with Crippen LogP contribution in [0.1, 0.15) is 30.9 Å². The van der Waals surface area contributed by atoms with E-state index in [1.807, 2.05) is 54.6 Å². The van der Waals surface area contributed by atoms with Gasteiger partial charge in [-0.05, 0) is 23.6 Å². The van der Waals surface area contributed by atoms with Crippen LogP contribution < -0.4 is 10.2 Å². The molecule has 6 heteroatoms. The lowest BCUT2D eigenvalue weighted by molar-refractivity contribution is -0.160. The highest BCUT2D eigenvalue weighted by atomic mass is 16.5. The summed E-state index contributed by atoms with van der Waals surface area (Å²) in [6.07, 6.45) is 1.74.